The Morgan fingerprint density at radius 2 is 1.93 bits per heavy atom. The van der Waals surface area contributed by atoms with Crippen LogP contribution in [0.4, 0.5) is 0 Å². The third-order valence-electron chi connectivity index (χ3n) is 5.84. The third-order valence-corrected chi connectivity index (χ3v) is 7.62. The highest BCUT2D eigenvalue weighted by Gasteiger charge is 2.38. The molecule has 6 rings (SSSR count). The van der Waals surface area contributed by atoms with Crippen molar-refractivity contribution in [2.75, 3.05) is 32.8 Å². The predicted octanol–water partition coefficient (Wildman–Crippen LogP) is 3.93. The summed E-state index contributed by atoms with van der Waals surface area (Å²) >= 11 is 3.48. The maximum Gasteiger partial charge on any atom is 0.234 e. The number of carbonyl (C=O) groups excluding carboxylic acids is 1. The monoisotopic (exact) mass is 421 g/mol. The van der Waals surface area contributed by atoms with Crippen LogP contribution < -0.4 is 4.74 Å². The van der Waals surface area contributed by atoms with Crippen molar-refractivity contribution in [2.45, 2.75) is 10.8 Å². The molecule has 2 aromatic carbocycles. The molecule has 146 valence electrons. The van der Waals surface area contributed by atoms with Gasteiger partial charge in [0.15, 0.2) is 0 Å². The highest BCUT2D eigenvalue weighted by atomic mass is 32.2. The second-order valence-corrected chi connectivity index (χ2v) is 9.73. The van der Waals surface area contributed by atoms with Crippen molar-refractivity contribution in [1.82, 2.24) is 14.2 Å². The average Bonchev–Trinajstić information content (AvgIpc) is 3.49. The number of aromatic nitrogens is 1. The number of thiazole rings is 1. The molecule has 0 saturated carbocycles. The van der Waals surface area contributed by atoms with Gasteiger partial charge in [0.25, 0.3) is 0 Å². The number of fused-ring (bicyclic) bond motifs is 2. The molecule has 0 N–H and O–H groups in total. The second-order valence-electron chi connectivity index (χ2n) is 7.67. The molecule has 0 spiro atoms. The number of ether oxygens (including phenoxy) is 1. The van der Waals surface area contributed by atoms with Crippen molar-refractivity contribution in [1.29, 1.82) is 0 Å². The Balaban J connectivity index is 1.10. The van der Waals surface area contributed by atoms with Crippen molar-refractivity contribution in [3.63, 3.8) is 0 Å². The van der Waals surface area contributed by atoms with Crippen LogP contribution in [-0.2, 0) is 4.79 Å². The normalized spacial score (nSPS) is 21.0. The van der Waals surface area contributed by atoms with Crippen molar-refractivity contribution in [3.05, 3.63) is 64.7 Å². The lowest BCUT2D eigenvalue weighted by atomic mass is 10.00. The minimum absolute atomic E-state index is 0.164. The lowest BCUT2D eigenvalue weighted by molar-refractivity contribution is -0.131. The smallest absolute Gasteiger partial charge is 0.234 e. The van der Waals surface area contributed by atoms with Gasteiger partial charge in [0, 0.05) is 36.6 Å². The molecule has 3 aliphatic rings. The maximum absolute atomic E-state index is 13.1. The van der Waals surface area contributed by atoms with E-state index in [9.17, 15) is 4.79 Å². The van der Waals surface area contributed by atoms with Crippen LogP contribution in [0.1, 0.15) is 11.5 Å². The molecule has 3 aliphatic heterocycles. The minimum Gasteiger partial charge on any atom is -0.492 e. The lowest BCUT2D eigenvalue weighted by Gasteiger charge is -2.24. The van der Waals surface area contributed by atoms with Gasteiger partial charge in [-0.25, -0.2) is 9.29 Å². The molecule has 1 unspecified atom stereocenters. The van der Waals surface area contributed by atoms with Crippen LogP contribution in [0.25, 0.3) is 10.2 Å². The summed E-state index contributed by atoms with van der Waals surface area (Å²) in [6, 6.07) is 14.3. The molecule has 3 aromatic rings. The SMILES string of the molecule is O=C(C1COc2ccccc21)N1CC2=C(CN(Sc3ccc4ncsc4c3)C2)C1. The first-order valence-corrected chi connectivity index (χ1v) is 11.4. The molecule has 5 nitrogen and oxygen atoms in total. The van der Waals surface area contributed by atoms with Gasteiger partial charge in [0.05, 0.1) is 15.7 Å². The summed E-state index contributed by atoms with van der Waals surface area (Å²) in [5.74, 6) is 0.882. The fraction of sp³-hybridized carbons (Fsp3) is 0.273. The number of amides is 1. The first-order valence-electron chi connectivity index (χ1n) is 9.71. The van der Waals surface area contributed by atoms with Gasteiger partial charge in [-0.3, -0.25) is 4.79 Å². The van der Waals surface area contributed by atoms with E-state index in [0.717, 1.165) is 43.0 Å². The van der Waals surface area contributed by atoms with Gasteiger partial charge in [0.1, 0.15) is 18.3 Å². The average molecular weight is 422 g/mol. The Labute approximate surface area is 177 Å². The Hall–Kier alpha value is -2.35. The van der Waals surface area contributed by atoms with E-state index in [0.29, 0.717) is 6.61 Å². The van der Waals surface area contributed by atoms with Crippen molar-refractivity contribution < 1.29 is 9.53 Å². The van der Waals surface area contributed by atoms with Crippen LogP contribution in [0.2, 0.25) is 0 Å². The van der Waals surface area contributed by atoms with Gasteiger partial charge in [0.2, 0.25) is 5.91 Å². The van der Waals surface area contributed by atoms with E-state index >= 15 is 0 Å². The molecule has 1 amide bonds. The number of benzene rings is 2. The lowest BCUT2D eigenvalue weighted by Crippen LogP contribution is -2.36. The minimum atomic E-state index is -0.164. The first-order chi connectivity index (χ1) is 14.2. The van der Waals surface area contributed by atoms with Gasteiger partial charge < -0.3 is 9.64 Å². The fourth-order valence-corrected chi connectivity index (χ4v) is 6.22. The van der Waals surface area contributed by atoms with Gasteiger partial charge in [-0.2, -0.15) is 0 Å². The highest BCUT2D eigenvalue weighted by Crippen LogP contribution is 2.38. The first kappa shape index (κ1) is 17.5. The Morgan fingerprint density at radius 1 is 1.10 bits per heavy atom. The summed E-state index contributed by atoms with van der Waals surface area (Å²) in [5.41, 5.74) is 6.78. The molecule has 29 heavy (non-hydrogen) atoms. The maximum atomic E-state index is 13.1. The van der Waals surface area contributed by atoms with E-state index in [4.69, 9.17) is 4.74 Å². The molecule has 0 saturated heterocycles. The zero-order chi connectivity index (χ0) is 19.4. The Bertz CT molecular complexity index is 1140. The van der Waals surface area contributed by atoms with E-state index < -0.39 is 0 Å². The van der Waals surface area contributed by atoms with Gasteiger partial charge in [-0.05, 0) is 47.4 Å². The van der Waals surface area contributed by atoms with E-state index in [1.807, 2.05) is 34.7 Å². The number of nitrogens with zero attached hydrogens (tertiary/aromatic N) is 3. The zero-order valence-electron chi connectivity index (χ0n) is 15.7. The van der Waals surface area contributed by atoms with E-state index in [1.54, 1.807) is 23.3 Å². The van der Waals surface area contributed by atoms with E-state index in [1.165, 1.54) is 20.7 Å². The number of para-hydroxylation sites is 1. The fourth-order valence-electron chi connectivity index (χ4n) is 4.39. The summed E-state index contributed by atoms with van der Waals surface area (Å²) in [5, 5.41) is 0. The molecule has 7 heteroatoms. The number of hydrogen-bond donors (Lipinski definition) is 0. The molecule has 0 fully saturated rings. The molecule has 0 radical (unpaired) electrons. The van der Waals surface area contributed by atoms with E-state index in [2.05, 4.69) is 27.5 Å². The molecule has 0 bridgehead atoms. The molecule has 4 heterocycles. The van der Waals surface area contributed by atoms with Crippen LogP contribution in [0, 0.1) is 0 Å². The Morgan fingerprint density at radius 3 is 2.79 bits per heavy atom. The third kappa shape index (κ3) is 3.04. The molecule has 0 aliphatic carbocycles. The number of rotatable bonds is 3. The summed E-state index contributed by atoms with van der Waals surface area (Å²) in [6.07, 6.45) is 0. The summed E-state index contributed by atoms with van der Waals surface area (Å²) in [7, 11) is 0. The van der Waals surface area contributed by atoms with Gasteiger partial charge in [-0.15, -0.1) is 11.3 Å². The van der Waals surface area contributed by atoms with Crippen molar-refractivity contribution >= 4 is 39.4 Å². The van der Waals surface area contributed by atoms with Gasteiger partial charge in [-0.1, -0.05) is 18.2 Å². The van der Waals surface area contributed by atoms with Crippen LogP contribution in [0.5, 0.6) is 5.75 Å². The van der Waals surface area contributed by atoms with E-state index in [-0.39, 0.29) is 11.8 Å². The van der Waals surface area contributed by atoms with Crippen molar-refractivity contribution in [2.24, 2.45) is 0 Å². The van der Waals surface area contributed by atoms with Crippen LogP contribution in [0.15, 0.2) is 64.0 Å². The number of hydrogen-bond acceptors (Lipinski definition) is 6. The molecule has 1 atom stereocenters. The quantitative estimate of drug-likeness (QED) is 0.474. The van der Waals surface area contributed by atoms with Crippen LogP contribution in [-0.4, -0.2) is 52.9 Å². The summed E-state index contributed by atoms with van der Waals surface area (Å²) in [4.78, 5) is 20.7. The highest BCUT2D eigenvalue weighted by molar-refractivity contribution is 7.97. The van der Waals surface area contributed by atoms with Crippen LogP contribution >= 0.6 is 23.3 Å². The molecular formula is C22H19N3O2S2. The predicted molar refractivity (Wildman–Crippen MR) is 115 cm³/mol. The standard InChI is InChI=1S/C22H19N3O2S2/c26-22(18-12-27-20-4-2-1-3-17(18)20)24-8-14-10-25(11-15(14)9-24)29-16-5-6-19-21(7-16)28-13-23-19/h1-7,13,18H,8-12H2. The largest absolute Gasteiger partial charge is 0.492 e. The topological polar surface area (TPSA) is 45.7 Å². The Kier molecular flexibility index (Phi) is 4.14. The van der Waals surface area contributed by atoms with Gasteiger partial charge >= 0.3 is 0 Å². The molecular weight excluding hydrogens is 402 g/mol. The van der Waals surface area contributed by atoms with Crippen LogP contribution in [0.3, 0.4) is 0 Å². The summed E-state index contributed by atoms with van der Waals surface area (Å²) < 4.78 is 9.34. The second kappa shape index (κ2) is 6.86. The molecule has 1 aromatic heterocycles. The zero-order valence-corrected chi connectivity index (χ0v) is 17.3. The van der Waals surface area contributed by atoms with Crippen molar-refractivity contribution in [3.8, 4) is 5.75 Å². The number of carbonyl (C=O) groups is 1. The summed E-state index contributed by atoms with van der Waals surface area (Å²) in [6.45, 7) is 3.79.